The fourth-order valence-corrected chi connectivity index (χ4v) is 2.07. The molecule has 0 fully saturated rings. The van der Waals surface area contributed by atoms with Gasteiger partial charge in [0.15, 0.2) is 6.61 Å². The summed E-state index contributed by atoms with van der Waals surface area (Å²) in [7, 11) is 1.71. The lowest BCUT2D eigenvalue weighted by Gasteiger charge is -2.09. The predicted molar refractivity (Wildman–Crippen MR) is 89.6 cm³/mol. The van der Waals surface area contributed by atoms with Crippen LogP contribution in [0.4, 0.5) is 5.69 Å². The Bertz CT molecular complexity index is 686. The van der Waals surface area contributed by atoms with E-state index < -0.39 is 5.97 Å². The monoisotopic (exact) mass is 332 g/mol. The maximum atomic E-state index is 12.0. The molecule has 0 saturated heterocycles. The minimum Gasteiger partial charge on any atom is -0.452 e. The van der Waals surface area contributed by atoms with E-state index in [2.05, 4.69) is 10.6 Å². The number of ether oxygens (including phenoxy) is 1. The maximum absolute atomic E-state index is 12.0. The van der Waals surface area contributed by atoms with Crippen molar-refractivity contribution in [3.8, 4) is 0 Å². The Balaban J connectivity index is 1.82. The summed E-state index contributed by atoms with van der Waals surface area (Å²) in [5.41, 5.74) is 1.95. The first-order valence-electron chi connectivity index (χ1n) is 7.05. The zero-order chi connectivity index (χ0) is 16.7. The first-order chi connectivity index (χ1) is 11.1. The molecule has 0 spiro atoms. The van der Waals surface area contributed by atoms with Gasteiger partial charge < -0.3 is 15.4 Å². The third-order valence-electron chi connectivity index (χ3n) is 3.15. The van der Waals surface area contributed by atoms with Crippen molar-refractivity contribution in [2.75, 3.05) is 19.0 Å². The minimum absolute atomic E-state index is 0.329. The van der Waals surface area contributed by atoms with E-state index in [0.717, 1.165) is 5.56 Å². The Labute approximate surface area is 139 Å². The number of rotatable bonds is 6. The fraction of sp³-hybridized carbons (Fsp3) is 0.176. The molecule has 5 nitrogen and oxygen atoms in total. The van der Waals surface area contributed by atoms with Gasteiger partial charge in [-0.2, -0.15) is 0 Å². The van der Waals surface area contributed by atoms with Crippen LogP contribution in [0.3, 0.4) is 0 Å². The molecule has 0 atom stereocenters. The minimum atomic E-state index is -0.545. The van der Waals surface area contributed by atoms with Gasteiger partial charge in [0.1, 0.15) is 0 Å². The number of esters is 1. The highest BCUT2D eigenvalue weighted by molar-refractivity contribution is 6.30. The molecule has 2 aromatic rings. The summed E-state index contributed by atoms with van der Waals surface area (Å²) in [5, 5.41) is 6.22. The molecule has 0 heterocycles. The van der Waals surface area contributed by atoms with Gasteiger partial charge in [-0.15, -0.1) is 0 Å². The number of carbonyl (C=O) groups excluding carboxylic acids is 2. The second-order valence-corrected chi connectivity index (χ2v) is 5.21. The van der Waals surface area contributed by atoms with E-state index in [1.165, 1.54) is 0 Å². The first kappa shape index (κ1) is 16.8. The molecule has 0 radical (unpaired) electrons. The maximum Gasteiger partial charge on any atom is 0.340 e. The van der Waals surface area contributed by atoms with Gasteiger partial charge in [0, 0.05) is 24.3 Å². The number of amides is 1. The van der Waals surface area contributed by atoms with Crippen LogP contribution in [0.2, 0.25) is 5.02 Å². The molecular weight excluding hydrogens is 316 g/mol. The molecule has 0 aliphatic heterocycles. The van der Waals surface area contributed by atoms with Crippen molar-refractivity contribution in [3.05, 3.63) is 64.7 Å². The van der Waals surface area contributed by atoms with Gasteiger partial charge >= 0.3 is 5.97 Å². The van der Waals surface area contributed by atoms with Crippen LogP contribution in [0.5, 0.6) is 0 Å². The number of halogens is 1. The molecule has 0 aliphatic carbocycles. The van der Waals surface area contributed by atoms with E-state index in [4.69, 9.17) is 16.3 Å². The zero-order valence-electron chi connectivity index (χ0n) is 12.6. The Morgan fingerprint density at radius 3 is 2.48 bits per heavy atom. The highest BCUT2D eigenvalue weighted by atomic mass is 35.5. The van der Waals surface area contributed by atoms with Gasteiger partial charge in [-0.3, -0.25) is 4.79 Å². The number of para-hydroxylation sites is 1. The van der Waals surface area contributed by atoms with Gasteiger partial charge in [0.2, 0.25) is 0 Å². The van der Waals surface area contributed by atoms with Gasteiger partial charge in [0.25, 0.3) is 5.91 Å². The highest BCUT2D eigenvalue weighted by Crippen LogP contribution is 2.15. The Morgan fingerprint density at radius 2 is 1.78 bits per heavy atom. The lowest BCUT2D eigenvalue weighted by atomic mass is 10.2. The number of anilines is 1. The number of carbonyl (C=O) groups is 2. The zero-order valence-corrected chi connectivity index (χ0v) is 13.4. The molecule has 6 heteroatoms. The molecule has 0 aromatic heterocycles. The van der Waals surface area contributed by atoms with Crippen LogP contribution in [0.15, 0.2) is 48.5 Å². The summed E-state index contributed by atoms with van der Waals surface area (Å²) >= 11 is 5.79. The molecule has 0 unspecified atom stereocenters. The third-order valence-corrected chi connectivity index (χ3v) is 3.41. The Morgan fingerprint density at radius 1 is 1.09 bits per heavy atom. The molecule has 120 valence electrons. The summed E-state index contributed by atoms with van der Waals surface area (Å²) in [6.07, 6.45) is 0. The van der Waals surface area contributed by atoms with E-state index in [9.17, 15) is 9.59 Å². The van der Waals surface area contributed by atoms with Crippen molar-refractivity contribution in [1.82, 2.24) is 5.32 Å². The Hall–Kier alpha value is -2.53. The van der Waals surface area contributed by atoms with Crippen molar-refractivity contribution in [1.29, 1.82) is 0 Å². The molecule has 0 saturated carbocycles. The van der Waals surface area contributed by atoms with E-state index in [1.807, 2.05) is 12.1 Å². The topological polar surface area (TPSA) is 67.4 Å². The van der Waals surface area contributed by atoms with Crippen molar-refractivity contribution in [3.63, 3.8) is 0 Å². The van der Waals surface area contributed by atoms with Crippen LogP contribution in [0.25, 0.3) is 0 Å². The molecular formula is C17H17ClN2O3. The van der Waals surface area contributed by atoms with Crippen LogP contribution in [0.1, 0.15) is 15.9 Å². The highest BCUT2D eigenvalue weighted by Gasteiger charge is 2.13. The summed E-state index contributed by atoms with van der Waals surface area (Å²) < 4.78 is 5.03. The van der Waals surface area contributed by atoms with E-state index in [-0.39, 0.29) is 12.5 Å². The second kappa shape index (κ2) is 8.19. The van der Waals surface area contributed by atoms with Crippen LogP contribution < -0.4 is 10.6 Å². The first-order valence-corrected chi connectivity index (χ1v) is 7.43. The average molecular weight is 333 g/mol. The van der Waals surface area contributed by atoms with Gasteiger partial charge in [-0.1, -0.05) is 35.9 Å². The molecule has 2 aromatic carbocycles. The van der Waals surface area contributed by atoms with E-state index >= 15 is 0 Å². The third kappa shape index (κ3) is 5.00. The predicted octanol–water partition coefficient (Wildman–Crippen LogP) is 2.85. The summed E-state index contributed by atoms with van der Waals surface area (Å²) in [6.45, 7) is 0.0190. The number of hydrogen-bond acceptors (Lipinski definition) is 4. The van der Waals surface area contributed by atoms with Crippen LogP contribution in [-0.4, -0.2) is 25.5 Å². The van der Waals surface area contributed by atoms with E-state index in [1.54, 1.807) is 43.4 Å². The quantitative estimate of drug-likeness (QED) is 0.798. The standard InChI is InChI=1S/C17H17ClN2O3/c1-19-15-5-3-2-4-14(15)17(22)23-11-16(21)20-10-12-6-8-13(18)9-7-12/h2-9,19H,10-11H2,1H3,(H,20,21). The largest absolute Gasteiger partial charge is 0.452 e. The summed E-state index contributed by atoms with van der Waals surface area (Å²) in [6, 6.07) is 14.1. The molecule has 0 bridgehead atoms. The number of hydrogen-bond donors (Lipinski definition) is 2. The fourth-order valence-electron chi connectivity index (χ4n) is 1.94. The molecule has 2 N–H and O–H groups in total. The summed E-state index contributed by atoms with van der Waals surface area (Å²) in [5.74, 6) is -0.910. The molecule has 1 amide bonds. The van der Waals surface area contributed by atoms with Gasteiger partial charge in [-0.25, -0.2) is 4.79 Å². The normalized spacial score (nSPS) is 10.0. The SMILES string of the molecule is CNc1ccccc1C(=O)OCC(=O)NCc1ccc(Cl)cc1. The molecule has 2 rings (SSSR count). The van der Waals surface area contributed by atoms with Crippen molar-refractivity contribution < 1.29 is 14.3 Å². The Kier molecular flexibility index (Phi) is 6.00. The average Bonchev–Trinajstić information content (AvgIpc) is 2.59. The van der Waals surface area contributed by atoms with Crippen molar-refractivity contribution >= 4 is 29.2 Å². The van der Waals surface area contributed by atoms with Crippen LogP contribution in [-0.2, 0) is 16.1 Å². The smallest absolute Gasteiger partial charge is 0.340 e. The van der Waals surface area contributed by atoms with Crippen LogP contribution in [0, 0.1) is 0 Å². The van der Waals surface area contributed by atoms with Crippen LogP contribution >= 0.6 is 11.6 Å². The van der Waals surface area contributed by atoms with Crippen molar-refractivity contribution in [2.45, 2.75) is 6.54 Å². The number of benzene rings is 2. The molecule has 23 heavy (non-hydrogen) atoms. The lowest BCUT2D eigenvalue weighted by molar-refractivity contribution is -0.124. The lowest BCUT2D eigenvalue weighted by Crippen LogP contribution is -2.28. The number of nitrogens with one attached hydrogen (secondary N) is 2. The van der Waals surface area contributed by atoms with Gasteiger partial charge in [0.05, 0.1) is 5.56 Å². The molecule has 0 aliphatic rings. The van der Waals surface area contributed by atoms with Crippen molar-refractivity contribution in [2.24, 2.45) is 0 Å². The summed E-state index contributed by atoms with van der Waals surface area (Å²) in [4.78, 5) is 23.7. The van der Waals surface area contributed by atoms with E-state index in [0.29, 0.717) is 22.8 Å². The van der Waals surface area contributed by atoms with Gasteiger partial charge in [-0.05, 0) is 29.8 Å². The second-order valence-electron chi connectivity index (χ2n) is 4.77.